The van der Waals surface area contributed by atoms with Crippen molar-refractivity contribution in [3.05, 3.63) is 18.2 Å². The topological polar surface area (TPSA) is 38.5 Å². The van der Waals surface area contributed by atoms with Crippen molar-refractivity contribution < 1.29 is 4.74 Å². The molecule has 0 aliphatic heterocycles. The molecule has 1 unspecified atom stereocenters. The molecule has 0 spiro atoms. The second kappa shape index (κ2) is 5.80. The summed E-state index contributed by atoms with van der Waals surface area (Å²) in [5, 5.41) is 0. The lowest BCUT2D eigenvalue weighted by Crippen LogP contribution is -2.30. The highest BCUT2D eigenvalue weighted by molar-refractivity contribution is 5.69. The van der Waals surface area contributed by atoms with E-state index >= 15 is 0 Å². The smallest absolute Gasteiger partial charge is 0.121 e. The Bertz CT molecular complexity index is 363. The zero-order chi connectivity index (χ0) is 13.0. The van der Waals surface area contributed by atoms with E-state index < -0.39 is 0 Å². The van der Waals surface area contributed by atoms with Crippen LogP contribution in [0.1, 0.15) is 27.2 Å². The molecule has 0 aliphatic carbocycles. The van der Waals surface area contributed by atoms with Crippen LogP contribution in [0.2, 0.25) is 0 Å². The van der Waals surface area contributed by atoms with Crippen LogP contribution in [0.15, 0.2) is 18.2 Å². The lowest BCUT2D eigenvalue weighted by molar-refractivity contribution is 0.414. The Balaban J connectivity index is 2.90. The first kappa shape index (κ1) is 13.7. The van der Waals surface area contributed by atoms with Crippen molar-refractivity contribution in [3.63, 3.8) is 0 Å². The highest BCUT2D eigenvalue weighted by Gasteiger charge is 2.14. The minimum absolute atomic E-state index is 0.462. The standard InChI is InChI=1S/C14H24N2O/c1-10(2)8-11(3)16(4)14-9-12(17-5)6-7-13(14)15/h6-7,9-11H,8,15H2,1-5H3. The molecule has 0 aromatic heterocycles. The van der Waals surface area contributed by atoms with Gasteiger partial charge in [0.05, 0.1) is 18.5 Å². The van der Waals surface area contributed by atoms with Crippen LogP contribution < -0.4 is 15.4 Å². The Labute approximate surface area is 105 Å². The van der Waals surface area contributed by atoms with Crippen LogP contribution in [0.5, 0.6) is 5.75 Å². The Kier molecular flexibility index (Phi) is 4.67. The minimum atomic E-state index is 0.462. The van der Waals surface area contributed by atoms with Crippen LogP contribution in [0.4, 0.5) is 11.4 Å². The SMILES string of the molecule is COc1ccc(N)c(N(C)C(C)CC(C)C)c1. The van der Waals surface area contributed by atoms with Gasteiger partial charge >= 0.3 is 0 Å². The van der Waals surface area contributed by atoms with Crippen molar-refractivity contribution in [2.24, 2.45) is 5.92 Å². The summed E-state index contributed by atoms with van der Waals surface area (Å²) in [4.78, 5) is 2.22. The summed E-state index contributed by atoms with van der Waals surface area (Å²) in [5.41, 5.74) is 7.85. The van der Waals surface area contributed by atoms with Crippen molar-refractivity contribution in [2.45, 2.75) is 33.2 Å². The van der Waals surface area contributed by atoms with Gasteiger partial charge in [-0.25, -0.2) is 0 Å². The lowest BCUT2D eigenvalue weighted by atomic mass is 10.0. The summed E-state index contributed by atoms with van der Waals surface area (Å²) in [6.07, 6.45) is 1.15. The molecule has 0 bridgehead atoms. The van der Waals surface area contributed by atoms with Gasteiger partial charge in [-0.2, -0.15) is 0 Å². The van der Waals surface area contributed by atoms with Crippen LogP contribution >= 0.6 is 0 Å². The van der Waals surface area contributed by atoms with E-state index in [4.69, 9.17) is 10.5 Å². The van der Waals surface area contributed by atoms with Gasteiger partial charge in [0.2, 0.25) is 0 Å². The average molecular weight is 236 g/mol. The Morgan fingerprint density at radius 2 is 1.94 bits per heavy atom. The van der Waals surface area contributed by atoms with Crippen molar-refractivity contribution in [1.29, 1.82) is 0 Å². The fraction of sp³-hybridized carbons (Fsp3) is 0.571. The molecule has 0 saturated carbocycles. The van der Waals surface area contributed by atoms with Crippen LogP contribution in [0.3, 0.4) is 0 Å². The number of benzene rings is 1. The van der Waals surface area contributed by atoms with E-state index in [1.807, 2.05) is 18.2 Å². The molecular weight excluding hydrogens is 212 g/mol. The zero-order valence-electron chi connectivity index (χ0n) is 11.5. The third-order valence-electron chi connectivity index (χ3n) is 3.09. The van der Waals surface area contributed by atoms with Gasteiger partial charge in [-0.05, 0) is 31.4 Å². The van der Waals surface area contributed by atoms with Gasteiger partial charge in [0.1, 0.15) is 5.75 Å². The van der Waals surface area contributed by atoms with E-state index in [9.17, 15) is 0 Å². The highest BCUT2D eigenvalue weighted by atomic mass is 16.5. The molecule has 0 fully saturated rings. The van der Waals surface area contributed by atoms with Gasteiger partial charge in [-0.15, -0.1) is 0 Å². The maximum Gasteiger partial charge on any atom is 0.121 e. The highest BCUT2D eigenvalue weighted by Crippen LogP contribution is 2.29. The summed E-state index contributed by atoms with van der Waals surface area (Å²) in [6.45, 7) is 6.69. The first-order chi connectivity index (χ1) is 7.95. The van der Waals surface area contributed by atoms with Crippen LogP contribution in [0, 0.1) is 5.92 Å². The molecule has 3 nitrogen and oxygen atoms in total. The number of ether oxygens (including phenoxy) is 1. The summed E-state index contributed by atoms with van der Waals surface area (Å²) in [7, 11) is 3.75. The van der Waals surface area contributed by atoms with E-state index in [0.717, 1.165) is 23.5 Å². The largest absolute Gasteiger partial charge is 0.497 e. The molecule has 0 saturated heterocycles. The number of nitrogen functional groups attached to an aromatic ring is 1. The molecule has 1 aromatic carbocycles. The Hall–Kier alpha value is -1.38. The number of anilines is 2. The fourth-order valence-electron chi connectivity index (χ4n) is 2.03. The molecule has 96 valence electrons. The number of hydrogen-bond donors (Lipinski definition) is 1. The van der Waals surface area contributed by atoms with Gasteiger partial charge in [-0.3, -0.25) is 0 Å². The molecule has 17 heavy (non-hydrogen) atoms. The predicted molar refractivity (Wildman–Crippen MR) is 74.7 cm³/mol. The summed E-state index contributed by atoms with van der Waals surface area (Å²) in [6, 6.07) is 6.24. The second-order valence-corrected chi connectivity index (χ2v) is 5.01. The van der Waals surface area contributed by atoms with E-state index in [2.05, 4.69) is 32.7 Å². The number of nitrogens with two attached hydrogens (primary N) is 1. The zero-order valence-corrected chi connectivity index (χ0v) is 11.5. The third-order valence-corrected chi connectivity index (χ3v) is 3.09. The molecule has 1 aromatic rings. The first-order valence-electron chi connectivity index (χ1n) is 6.12. The van der Waals surface area contributed by atoms with Crippen molar-refractivity contribution in [3.8, 4) is 5.75 Å². The van der Waals surface area contributed by atoms with E-state index in [1.165, 1.54) is 0 Å². The molecule has 0 radical (unpaired) electrons. The second-order valence-electron chi connectivity index (χ2n) is 5.01. The fourth-order valence-corrected chi connectivity index (χ4v) is 2.03. The molecule has 3 heteroatoms. The Morgan fingerprint density at radius 1 is 1.29 bits per heavy atom. The molecule has 0 aliphatic rings. The van der Waals surface area contributed by atoms with Gasteiger partial charge in [-0.1, -0.05) is 13.8 Å². The molecule has 1 rings (SSSR count). The number of rotatable bonds is 5. The first-order valence-corrected chi connectivity index (χ1v) is 6.12. The normalized spacial score (nSPS) is 12.6. The van der Waals surface area contributed by atoms with Crippen LogP contribution in [-0.2, 0) is 0 Å². The van der Waals surface area contributed by atoms with Gasteiger partial charge < -0.3 is 15.4 Å². The predicted octanol–water partition coefficient (Wildman–Crippen LogP) is 3.15. The van der Waals surface area contributed by atoms with E-state index in [-0.39, 0.29) is 0 Å². The van der Waals surface area contributed by atoms with Gasteiger partial charge in [0.25, 0.3) is 0 Å². The lowest BCUT2D eigenvalue weighted by Gasteiger charge is -2.29. The average Bonchev–Trinajstić information content (AvgIpc) is 2.28. The summed E-state index contributed by atoms with van der Waals surface area (Å²) >= 11 is 0. The van der Waals surface area contributed by atoms with Crippen LogP contribution in [0.25, 0.3) is 0 Å². The molecular formula is C14H24N2O. The van der Waals surface area contributed by atoms with Crippen molar-refractivity contribution in [1.82, 2.24) is 0 Å². The van der Waals surface area contributed by atoms with Gasteiger partial charge in [0.15, 0.2) is 0 Å². The molecule has 0 heterocycles. The number of nitrogens with zero attached hydrogens (tertiary/aromatic N) is 1. The molecule has 2 N–H and O–H groups in total. The number of hydrogen-bond acceptors (Lipinski definition) is 3. The monoisotopic (exact) mass is 236 g/mol. The number of methoxy groups -OCH3 is 1. The Morgan fingerprint density at radius 3 is 2.47 bits per heavy atom. The maximum atomic E-state index is 6.02. The quantitative estimate of drug-likeness (QED) is 0.798. The minimum Gasteiger partial charge on any atom is -0.497 e. The molecule has 1 atom stereocenters. The molecule has 0 amide bonds. The van der Waals surface area contributed by atoms with Crippen LogP contribution in [-0.4, -0.2) is 20.2 Å². The van der Waals surface area contributed by atoms with E-state index in [0.29, 0.717) is 12.0 Å². The summed E-state index contributed by atoms with van der Waals surface area (Å²) in [5.74, 6) is 1.53. The van der Waals surface area contributed by atoms with E-state index in [1.54, 1.807) is 7.11 Å². The van der Waals surface area contributed by atoms with Crippen molar-refractivity contribution in [2.75, 3.05) is 24.8 Å². The third kappa shape index (κ3) is 3.55. The maximum absolute atomic E-state index is 6.02. The van der Waals surface area contributed by atoms with Gasteiger partial charge in [0, 0.05) is 19.2 Å². The van der Waals surface area contributed by atoms with Crippen molar-refractivity contribution >= 4 is 11.4 Å². The summed E-state index contributed by atoms with van der Waals surface area (Å²) < 4.78 is 5.24.